The van der Waals surface area contributed by atoms with Crippen molar-refractivity contribution in [3.8, 4) is 0 Å². The SMILES string of the molecule is CC1=CCN=C1C.Cc1ccc(=O)[nH]c1.Cc1ccncc1.Cc1cn[nH]c1. The molecular weight excluding hydrogens is 350 g/mol. The third kappa shape index (κ3) is 10.7. The summed E-state index contributed by atoms with van der Waals surface area (Å²) in [6.45, 7) is 11.0. The molecule has 4 heterocycles. The Morgan fingerprint density at radius 3 is 1.82 bits per heavy atom. The van der Waals surface area contributed by atoms with Gasteiger partial charge in [0.1, 0.15) is 0 Å². The van der Waals surface area contributed by atoms with E-state index in [-0.39, 0.29) is 5.56 Å². The van der Waals surface area contributed by atoms with Gasteiger partial charge < -0.3 is 4.98 Å². The maximum Gasteiger partial charge on any atom is 0.247 e. The van der Waals surface area contributed by atoms with E-state index in [1.165, 1.54) is 28.5 Å². The summed E-state index contributed by atoms with van der Waals surface area (Å²) in [5, 5.41) is 6.38. The van der Waals surface area contributed by atoms with Gasteiger partial charge in [-0.1, -0.05) is 12.1 Å². The minimum Gasteiger partial charge on any atom is -0.329 e. The van der Waals surface area contributed by atoms with Crippen molar-refractivity contribution in [2.75, 3.05) is 6.54 Å². The Morgan fingerprint density at radius 2 is 1.57 bits per heavy atom. The molecule has 1 aliphatic rings. The molecule has 0 atom stereocenters. The number of aliphatic imine (C=N–C) groups is 1. The summed E-state index contributed by atoms with van der Waals surface area (Å²) in [6, 6.07) is 7.23. The third-order valence-corrected chi connectivity index (χ3v) is 3.72. The van der Waals surface area contributed by atoms with Gasteiger partial charge in [-0.15, -0.1) is 0 Å². The van der Waals surface area contributed by atoms with Gasteiger partial charge in [0, 0.05) is 36.6 Å². The van der Waals surface area contributed by atoms with Gasteiger partial charge in [-0.2, -0.15) is 5.10 Å². The minimum atomic E-state index is -0.0457. The van der Waals surface area contributed by atoms with Crippen molar-refractivity contribution in [3.63, 3.8) is 0 Å². The van der Waals surface area contributed by atoms with Crippen molar-refractivity contribution in [2.45, 2.75) is 34.6 Å². The lowest BCUT2D eigenvalue weighted by Gasteiger charge is -1.85. The predicted molar refractivity (Wildman–Crippen MR) is 116 cm³/mol. The molecule has 2 N–H and O–H groups in total. The van der Waals surface area contributed by atoms with Gasteiger partial charge in [0.2, 0.25) is 5.56 Å². The van der Waals surface area contributed by atoms with Crippen molar-refractivity contribution >= 4 is 5.71 Å². The molecule has 148 valence electrons. The summed E-state index contributed by atoms with van der Waals surface area (Å²) in [6.07, 6.45) is 11.0. The summed E-state index contributed by atoms with van der Waals surface area (Å²) >= 11 is 0. The molecule has 4 rings (SSSR count). The number of pyridine rings is 2. The van der Waals surface area contributed by atoms with Crippen LogP contribution in [0.5, 0.6) is 0 Å². The first-order chi connectivity index (χ1) is 13.4. The molecule has 3 aromatic heterocycles. The molecule has 0 saturated carbocycles. The molecule has 0 unspecified atom stereocenters. The lowest BCUT2D eigenvalue weighted by atomic mass is 10.2. The van der Waals surface area contributed by atoms with Gasteiger partial charge in [0.25, 0.3) is 0 Å². The standard InChI is InChI=1S/C6H7NO.C6H9N.C6H7N.C4H6N2/c1-5-2-3-6(8)7-4-5;1-5-3-4-7-6(5)2;1-6-2-4-7-5-3-6;1-4-2-5-6-3-4/h2-4H,1H3,(H,7,8);3H,4H2,1-2H3;2-5H,1H3;2-3H,1H3,(H,5,6). The number of hydrogen-bond acceptors (Lipinski definition) is 4. The van der Waals surface area contributed by atoms with Gasteiger partial charge in [0.15, 0.2) is 0 Å². The molecule has 6 heteroatoms. The average molecular weight is 380 g/mol. The fourth-order valence-corrected chi connectivity index (χ4v) is 1.82. The molecular formula is C22H29N5O. The molecule has 0 saturated heterocycles. The number of H-pyrrole nitrogens is 2. The van der Waals surface area contributed by atoms with E-state index >= 15 is 0 Å². The van der Waals surface area contributed by atoms with Gasteiger partial charge in [-0.3, -0.25) is 19.9 Å². The molecule has 3 aromatic rings. The van der Waals surface area contributed by atoms with Crippen molar-refractivity contribution in [2.24, 2.45) is 4.99 Å². The molecule has 0 spiro atoms. The quantitative estimate of drug-likeness (QED) is 0.614. The first kappa shape index (κ1) is 22.8. The molecule has 6 nitrogen and oxygen atoms in total. The third-order valence-electron chi connectivity index (χ3n) is 3.72. The van der Waals surface area contributed by atoms with E-state index in [2.05, 4.69) is 38.2 Å². The Balaban J connectivity index is 0.000000188. The second kappa shape index (κ2) is 13.0. The van der Waals surface area contributed by atoms with E-state index in [0.29, 0.717) is 0 Å². The monoisotopic (exact) mass is 379 g/mol. The second-order valence-electron chi connectivity index (χ2n) is 6.34. The van der Waals surface area contributed by atoms with Crippen LogP contribution in [0.2, 0.25) is 0 Å². The lowest BCUT2D eigenvalue weighted by molar-refractivity contribution is 1.09. The number of aromatic amines is 2. The Kier molecular flexibility index (Phi) is 10.5. The van der Waals surface area contributed by atoms with Crippen LogP contribution in [0.4, 0.5) is 0 Å². The molecule has 0 amide bonds. The van der Waals surface area contributed by atoms with Crippen molar-refractivity contribution in [3.05, 3.63) is 93.9 Å². The maximum absolute atomic E-state index is 10.4. The van der Waals surface area contributed by atoms with Crippen LogP contribution in [0.3, 0.4) is 0 Å². The van der Waals surface area contributed by atoms with E-state index in [0.717, 1.165) is 12.1 Å². The topological polar surface area (TPSA) is 86.8 Å². The lowest BCUT2D eigenvalue weighted by Crippen LogP contribution is -2.00. The fraction of sp³-hybridized carbons (Fsp3) is 0.273. The van der Waals surface area contributed by atoms with E-state index in [1.54, 1.807) is 30.9 Å². The van der Waals surface area contributed by atoms with Crippen LogP contribution in [0.1, 0.15) is 30.5 Å². The maximum atomic E-state index is 10.4. The zero-order valence-electron chi connectivity index (χ0n) is 17.2. The van der Waals surface area contributed by atoms with E-state index in [4.69, 9.17) is 0 Å². The summed E-state index contributed by atoms with van der Waals surface area (Å²) in [7, 11) is 0. The minimum absolute atomic E-state index is 0.0457. The number of allylic oxidation sites excluding steroid dienone is 1. The van der Waals surface area contributed by atoms with Crippen molar-refractivity contribution < 1.29 is 0 Å². The summed E-state index contributed by atoms with van der Waals surface area (Å²) in [4.78, 5) is 20.9. The smallest absolute Gasteiger partial charge is 0.247 e. The molecule has 0 fully saturated rings. The highest BCUT2D eigenvalue weighted by Crippen LogP contribution is 2.02. The van der Waals surface area contributed by atoms with E-state index in [9.17, 15) is 4.79 Å². The van der Waals surface area contributed by atoms with E-state index < -0.39 is 0 Å². The highest BCUT2D eigenvalue weighted by Gasteiger charge is 1.97. The van der Waals surface area contributed by atoms with Gasteiger partial charge >= 0.3 is 0 Å². The zero-order valence-corrected chi connectivity index (χ0v) is 17.2. The van der Waals surface area contributed by atoms with Crippen molar-refractivity contribution in [1.29, 1.82) is 0 Å². The van der Waals surface area contributed by atoms with Crippen LogP contribution in [-0.4, -0.2) is 32.4 Å². The largest absolute Gasteiger partial charge is 0.329 e. The first-order valence-corrected chi connectivity index (χ1v) is 9.04. The zero-order chi connectivity index (χ0) is 20.8. The summed E-state index contributed by atoms with van der Waals surface area (Å²) < 4.78 is 0. The molecule has 0 bridgehead atoms. The van der Waals surface area contributed by atoms with Gasteiger partial charge in [0.05, 0.1) is 12.7 Å². The molecule has 0 aliphatic carbocycles. The first-order valence-electron chi connectivity index (χ1n) is 9.04. The Hall–Kier alpha value is -3.28. The number of rotatable bonds is 0. The van der Waals surface area contributed by atoms with Crippen LogP contribution in [0.15, 0.2) is 76.7 Å². The average Bonchev–Trinajstić information content (AvgIpc) is 3.31. The number of nitrogens with one attached hydrogen (secondary N) is 2. The molecule has 0 radical (unpaired) electrons. The van der Waals surface area contributed by atoms with Crippen LogP contribution < -0.4 is 5.56 Å². The Bertz CT molecular complexity index is 873. The predicted octanol–water partition coefficient (Wildman–Crippen LogP) is 4.20. The highest BCUT2D eigenvalue weighted by molar-refractivity contribution is 5.99. The number of hydrogen-bond donors (Lipinski definition) is 2. The molecule has 28 heavy (non-hydrogen) atoms. The number of aryl methyl sites for hydroxylation is 3. The molecule has 0 aromatic carbocycles. The van der Waals surface area contributed by atoms with Crippen LogP contribution in [0, 0.1) is 20.8 Å². The normalized spacial score (nSPS) is 11.5. The Labute approximate surface area is 166 Å². The summed E-state index contributed by atoms with van der Waals surface area (Å²) in [5.74, 6) is 0. The van der Waals surface area contributed by atoms with Crippen LogP contribution >= 0.6 is 0 Å². The van der Waals surface area contributed by atoms with Crippen molar-refractivity contribution in [1.82, 2.24) is 20.2 Å². The van der Waals surface area contributed by atoms with Crippen LogP contribution in [-0.2, 0) is 0 Å². The molecule has 1 aliphatic heterocycles. The highest BCUT2D eigenvalue weighted by atomic mass is 16.1. The van der Waals surface area contributed by atoms with Gasteiger partial charge in [-0.25, -0.2) is 0 Å². The van der Waals surface area contributed by atoms with Gasteiger partial charge in [-0.05, 0) is 69.0 Å². The second-order valence-corrected chi connectivity index (χ2v) is 6.34. The van der Waals surface area contributed by atoms with Crippen LogP contribution in [0.25, 0.3) is 0 Å². The summed E-state index contributed by atoms with van der Waals surface area (Å²) in [5.41, 5.74) is 5.99. The number of aromatic nitrogens is 4. The fourth-order valence-electron chi connectivity index (χ4n) is 1.82. The number of nitrogens with zero attached hydrogens (tertiary/aromatic N) is 3. The Morgan fingerprint density at radius 1 is 0.857 bits per heavy atom. The van der Waals surface area contributed by atoms with E-state index in [1.807, 2.05) is 46.0 Å².